The van der Waals surface area contributed by atoms with Gasteiger partial charge in [-0.15, -0.1) is 0 Å². The van der Waals surface area contributed by atoms with Crippen molar-refractivity contribution in [3.05, 3.63) is 69.3 Å². The monoisotopic (exact) mass is 363 g/mol. The van der Waals surface area contributed by atoms with Gasteiger partial charge in [0.25, 0.3) is 0 Å². The molecule has 0 aliphatic rings. The fraction of sp³-hybridized carbons (Fsp3) is 0.176. The third-order valence-electron chi connectivity index (χ3n) is 3.61. The van der Waals surface area contributed by atoms with E-state index in [1.807, 2.05) is 42.5 Å². The van der Waals surface area contributed by atoms with Gasteiger partial charge in [0.1, 0.15) is 5.58 Å². The maximum atomic E-state index is 6.21. The third-order valence-corrected chi connectivity index (χ3v) is 4.63. The zero-order valence-electron chi connectivity index (χ0n) is 11.6. The van der Waals surface area contributed by atoms with E-state index < -0.39 is 0 Å². The minimum atomic E-state index is 0.213. The number of para-hydroxylation sites is 1. The van der Waals surface area contributed by atoms with Gasteiger partial charge < -0.3 is 9.73 Å². The average molecular weight is 365 g/mol. The number of hydrogen-bond acceptors (Lipinski definition) is 2. The molecule has 21 heavy (non-hydrogen) atoms. The lowest BCUT2D eigenvalue weighted by molar-refractivity contribution is 0.562. The second-order valence-electron chi connectivity index (χ2n) is 4.97. The number of halogens is 2. The minimum absolute atomic E-state index is 0.213. The van der Waals surface area contributed by atoms with Gasteiger partial charge in [-0.25, -0.2) is 0 Å². The van der Waals surface area contributed by atoms with Crippen LogP contribution in [0.1, 0.15) is 24.1 Å². The Bertz CT molecular complexity index is 768. The molecule has 0 aliphatic heterocycles. The second kappa shape index (κ2) is 6.22. The lowest BCUT2D eigenvalue weighted by Gasteiger charge is -2.15. The maximum Gasteiger partial charge on any atom is 0.199 e. The van der Waals surface area contributed by atoms with Crippen LogP contribution < -0.4 is 5.32 Å². The number of fused-ring (bicyclic) bond motifs is 1. The number of benzene rings is 2. The molecule has 1 aromatic heterocycles. The Labute approximate surface area is 137 Å². The highest BCUT2D eigenvalue weighted by molar-refractivity contribution is 9.10. The Morgan fingerprint density at radius 2 is 1.86 bits per heavy atom. The summed E-state index contributed by atoms with van der Waals surface area (Å²) in [7, 11) is 0. The van der Waals surface area contributed by atoms with Crippen molar-refractivity contribution < 1.29 is 4.42 Å². The maximum absolute atomic E-state index is 6.21. The largest absolute Gasteiger partial charge is 0.444 e. The molecule has 0 saturated heterocycles. The lowest BCUT2D eigenvalue weighted by Crippen LogP contribution is -2.18. The van der Waals surface area contributed by atoms with Crippen LogP contribution >= 0.6 is 27.5 Å². The predicted octanol–water partition coefficient (Wildman–Crippen LogP) is 5.70. The van der Waals surface area contributed by atoms with Crippen molar-refractivity contribution in [2.75, 3.05) is 0 Å². The van der Waals surface area contributed by atoms with E-state index in [9.17, 15) is 0 Å². The van der Waals surface area contributed by atoms with Crippen LogP contribution in [0, 0.1) is 0 Å². The van der Waals surface area contributed by atoms with Gasteiger partial charge in [-0.2, -0.15) is 0 Å². The highest BCUT2D eigenvalue weighted by Crippen LogP contribution is 2.30. The van der Waals surface area contributed by atoms with E-state index in [-0.39, 0.29) is 6.04 Å². The SMILES string of the molecule is C[C@H](NCc1c(Cl)oc2ccccc12)c1ccccc1Br. The Morgan fingerprint density at radius 3 is 2.67 bits per heavy atom. The van der Waals surface area contributed by atoms with Crippen LogP contribution in [0.25, 0.3) is 11.0 Å². The molecular weight excluding hydrogens is 350 g/mol. The molecule has 0 saturated carbocycles. The summed E-state index contributed by atoms with van der Waals surface area (Å²) in [5, 5.41) is 5.03. The predicted molar refractivity (Wildman–Crippen MR) is 90.6 cm³/mol. The van der Waals surface area contributed by atoms with Gasteiger partial charge >= 0.3 is 0 Å². The standard InChI is InChI=1S/C17H15BrClNO/c1-11(12-6-2-4-8-15(12)18)20-10-14-13-7-3-5-9-16(13)21-17(14)19/h2-9,11,20H,10H2,1H3/t11-/m0/s1. The van der Waals surface area contributed by atoms with Crippen LogP contribution in [-0.4, -0.2) is 0 Å². The summed E-state index contributed by atoms with van der Waals surface area (Å²) in [5.74, 6) is 0. The molecule has 1 heterocycles. The molecule has 0 amide bonds. The lowest BCUT2D eigenvalue weighted by atomic mass is 10.1. The van der Waals surface area contributed by atoms with Crippen molar-refractivity contribution in [1.29, 1.82) is 0 Å². The number of hydrogen-bond donors (Lipinski definition) is 1. The van der Waals surface area contributed by atoms with Crippen LogP contribution in [0.15, 0.2) is 57.4 Å². The third kappa shape index (κ3) is 3.00. The van der Waals surface area contributed by atoms with Crippen molar-refractivity contribution in [2.24, 2.45) is 0 Å². The Morgan fingerprint density at radius 1 is 1.14 bits per heavy atom. The van der Waals surface area contributed by atoms with Gasteiger partial charge in [-0.1, -0.05) is 52.3 Å². The van der Waals surface area contributed by atoms with Crippen molar-refractivity contribution in [3.63, 3.8) is 0 Å². The van der Waals surface area contributed by atoms with E-state index >= 15 is 0 Å². The zero-order chi connectivity index (χ0) is 14.8. The van der Waals surface area contributed by atoms with E-state index in [1.165, 1.54) is 5.56 Å². The van der Waals surface area contributed by atoms with E-state index in [1.54, 1.807) is 0 Å². The van der Waals surface area contributed by atoms with E-state index in [2.05, 4.69) is 34.2 Å². The quantitative estimate of drug-likeness (QED) is 0.642. The van der Waals surface area contributed by atoms with Gasteiger partial charge in [0, 0.05) is 28.0 Å². The Balaban J connectivity index is 1.81. The van der Waals surface area contributed by atoms with Crippen LogP contribution in [0.5, 0.6) is 0 Å². The molecule has 1 N–H and O–H groups in total. The number of nitrogens with one attached hydrogen (secondary N) is 1. The van der Waals surface area contributed by atoms with E-state index in [4.69, 9.17) is 16.0 Å². The molecule has 108 valence electrons. The van der Waals surface area contributed by atoms with Gasteiger partial charge in [0.2, 0.25) is 0 Å². The highest BCUT2D eigenvalue weighted by atomic mass is 79.9. The number of rotatable bonds is 4. The van der Waals surface area contributed by atoms with E-state index in [0.717, 1.165) is 21.0 Å². The summed E-state index contributed by atoms with van der Waals surface area (Å²) >= 11 is 9.80. The molecule has 2 aromatic carbocycles. The fourth-order valence-electron chi connectivity index (χ4n) is 2.43. The van der Waals surface area contributed by atoms with Crippen molar-refractivity contribution in [1.82, 2.24) is 5.32 Å². The molecule has 1 atom stereocenters. The number of furan rings is 1. The van der Waals surface area contributed by atoms with Gasteiger partial charge in [-0.3, -0.25) is 0 Å². The average Bonchev–Trinajstić information content (AvgIpc) is 2.81. The molecule has 0 fully saturated rings. The molecule has 0 radical (unpaired) electrons. The summed E-state index contributed by atoms with van der Waals surface area (Å²) in [6, 6.07) is 16.3. The molecule has 3 rings (SSSR count). The summed E-state index contributed by atoms with van der Waals surface area (Å²) in [6.07, 6.45) is 0. The first-order valence-electron chi connectivity index (χ1n) is 6.80. The van der Waals surface area contributed by atoms with Crippen LogP contribution in [-0.2, 0) is 6.54 Å². The molecule has 0 unspecified atom stereocenters. The smallest absolute Gasteiger partial charge is 0.199 e. The zero-order valence-corrected chi connectivity index (χ0v) is 13.9. The molecule has 0 aliphatic carbocycles. The molecule has 0 bridgehead atoms. The molecule has 3 aromatic rings. The van der Waals surface area contributed by atoms with Crippen molar-refractivity contribution in [3.8, 4) is 0 Å². The fourth-order valence-corrected chi connectivity index (χ4v) is 3.30. The first kappa shape index (κ1) is 14.6. The first-order chi connectivity index (χ1) is 10.2. The van der Waals surface area contributed by atoms with Crippen molar-refractivity contribution >= 4 is 38.5 Å². The van der Waals surface area contributed by atoms with Gasteiger partial charge in [0.15, 0.2) is 5.22 Å². The molecule has 4 heteroatoms. The van der Waals surface area contributed by atoms with Crippen molar-refractivity contribution in [2.45, 2.75) is 19.5 Å². The van der Waals surface area contributed by atoms with Crippen LogP contribution in [0.3, 0.4) is 0 Å². The summed E-state index contributed by atoms with van der Waals surface area (Å²) in [5.41, 5.74) is 3.06. The first-order valence-corrected chi connectivity index (χ1v) is 7.97. The van der Waals surface area contributed by atoms with E-state index in [0.29, 0.717) is 11.8 Å². The minimum Gasteiger partial charge on any atom is -0.444 e. The molecule has 0 spiro atoms. The normalized spacial score (nSPS) is 12.7. The Hall–Kier alpha value is -1.29. The topological polar surface area (TPSA) is 25.2 Å². The van der Waals surface area contributed by atoms with Crippen LogP contribution in [0.2, 0.25) is 5.22 Å². The molecular formula is C17H15BrClNO. The molecule has 2 nitrogen and oxygen atoms in total. The Kier molecular flexibility index (Phi) is 4.34. The summed E-state index contributed by atoms with van der Waals surface area (Å²) in [6.45, 7) is 2.80. The van der Waals surface area contributed by atoms with Gasteiger partial charge in [-0.05, 0) is 36.2 Å². The highest BCUT2D eigenvalue weighted by Gasteiger charge is 2.14. The second-order valence-corrected chi connectivity index (χ2v) is 6.17. The summed E-state index contributed by atoms with van der Waals surface area (Å²) < 4.78 is 6.68. The summed E-state index contributed by atoms with van der Waals surface area (Å²) in [4.78, 5) is 0. The van der Waals surface area contributed by atoms with Gasteiger partial charge in [0.05, 0.1) is 0 Å². The van der Waals surface area contributed by atoms with Crippen LogP contribution in [0.4, 0.5) is 0 Å².